The van der Waals surface area contributed by atoms with Gasteiger partial charge >= 0.3 is 0 Å². The van der Waals surface area contributed by atoms with Gasteiger partial charge in [0.15, 0.2) is 12.1 Å². The first kappa shape index (κ1) is 13.7. The molecule has 1 aliphatic rings. The molecule has 0 saturated carbocycles. The van der Waals surface area contributed by atoms with Crippen LogP contribution in [0.25, 0.3) is 0 Å². The van der Waals surface area contributed by atoms with Crippen LogP contribution < -0.4 is 0 Å². The van der Waals surface area contributed by atoms with Crippen molar-refractivity contribution in [2.75, 3.05) is 6.61 Å². The molecule has 2 heterocycles. The Morgan fingerprint density at radius 2 is 2.41 bits per heavy atom. The smallest absolute Gasteiger partial charge is 0.290 e. The SMILES string of the molecule is Cc1cc(COC2CCCCO2)on1.O=CO. The number of carbonyl (C=O) groups is 1. The zero-order valence-corrected chi connectivity index (χ0v) is 9.80. The number of ether oxygens (including phenoxy) is 2. The van der Waals surface area contributed by atoms with Gasteiger partial charge in [0.05, 0.1) is 5.69 Å². The van der Waals surface area contributed by atoms with Crippen molar-refractivity contribution in [3.8, 4) is 0 Å². The molecule has 1 atom stereocenters. The molecule has 0 spiro atoms. The highest BCUT2D eigenvalue weighted by Gasteiger charge is 2.14. The van der Waals surface area contributed by atoms with Crippen molar-refractivity contribution >= 4 is 6.47 Å². The van der Waals surface area contributed by atoms with E-state index in [1.54, 1.807) is 0 Å². The molecule has 2 rings (SSSR count). The highest BCUT2D eigenvalue weighted by molar-refractivity contribution is 5.32. The summed E-state index contributed by atoms with van der Waals surface area (Å²) in [6, 6.07) is 1.88. The lowest BCUT2D eigenvalue weighted by Gasteiger charge is -2.21. The van der Waals surface area contributed by atoms with Gasteiger partial charge in [0.2, 0.25) is 0 Å². The van der Waals surface area contributed by atoms with Crippen LogP contribution >= 0.6 is 0 Å². The first-order valence-electron chi connectivity index (χ1n) is 5.49. The van der Waals surface area contributed by atoms with E-state index in [-0.39, 0.29) is 12.8 Å². The maximum absolute atomic E-state index is 8.36. The van der Waals surface area contributed by atoms with E-state index >= 15 is 0 Å². The van der Waals surface area contributed by atoms with Crippen LogP contribution in [0.1, 0.15) is 30.7 Å². The fraction of sp³-hybridized carbons (Fsp3) is 0.636. The molecule has 0 bridgehead atoms. The van der Waals surface area contributed by atoms with Crippen LogP contribution in [0, 0.1) is 6.92 Å². The molecule has 17 heavy (non-hydrogen) atoms. The van der Waals surface area contributed by atoms with Crippen molar-refractivity contribution in [1.29, 1.82) is 0 Å². The molecule has 1 N–H and O–H groups in total. The van der Waals surface area contributed by atoms with Crippen LogP contribution in [0.15, 0.2) is 10.6 Å². The summed E-state index contributed by atoms with van der Waals surface area (Å²) in [6.45, 7) is 2.90. The largest absolute Gasteiger partial charge is 0.483 e. The Hall–Kier alpha value is -1.40. The van der Waals surface area contributed by atoms with Crippen molar-refractivity contribution in [1.82, 2.24) is 5.16 Å². The number of nitrogens with zero attached hydrogens (tertiary/aromatic N) is 1. The summed E-state index contributed by atoms with van der Waals surface area (Å²) < 4.78 is 16.0. The van der Waals surface area contributed by atoms with Crippen molar-refractivity contribution in [3.05, 3.63) is 17.5 Å². The average Bonchev–Trinajstić information content (AvgIpc) is 2.75. The molecule has 0 radical (unpaired) electrons. The van der Waals surface area contributed by atoms with Crippen LogP contribution in [0.3, 0.4) is 0 Å². The van der Waals surface area contributed by atoms with Crippen LogP contribution in [-0.2, 0) is 20.9 Å². The van der Waals surface area contributed by atoms with E-state index in [0.717, 1.165) is 30.9 Å². The quantitative estimate of drug-likeness (QED) is 0.814. The predicted molar refractivity (Wildman–Crippen MR) is 58.3 cm³/mol. The van der Waals surface area contributed by atoms with Crippen LogP contribution in [-0.4, -0.2) is 29.6 Å². The number of hydrogen-bond acceptors (Lipinski definition) is 5. The molecule has 0 aliphatic carbocycles. The molecule has 1 fully saturated rings. The van der Waals surface area contributed by atoms with Gasteiger partial charge in [0.1, 0.15) is 6.61 Å². The van der Waals surface area contributed by atoms with E-state index in [2.05, 4.69) is 5.16 Å². The monoisotopic (exact) mass is 243 g/mol. The van der Waals surface area contributed by atoms with Gasteiger partial charge in [-0.3, -0.25) is 4.79 Å². The van der Waals surface area contributed by atoms with Gasteiger partial charge < -0.3 is 19.1 Å². The Bertz CT molecular complexity index is 319. The normalized spacial score (nSPS) is 19.2. The minimum atomic E-state index is -0.250. The second-order valence-corrected chi connectivity index (χ2v) is 3.65. The number of aryl methyl sites for hydroxylation is 1. The Morgan fingerprint density at radius 3 is 2.94 bits per heavy atom. The summed E-state index contributed by atoms with van der Waals surface area (Å²) in [4.78, 5) is 8.36. The van der Waals surface area contributed by atoms with Crippen molar-refractivity contribution < 1.29 is 23.9 Å². The standard InChI is InChI=1S/C10H15NO3.CH2O2/c1-8-6-9(14-11-8)7-13-10-4-2-3-5-12-10;2-1-3/h6,10H,2-5,7H2,1H3;1H,(H,2,3). The summed E-state index contributed by atoms with van der Waals surface area (Å²) in [5.41, 5.74) is 0.883. The van der Waals surface area contributed by atoms with Gasteiger partial charge in [0.25, 0.3) is 6.47 Å². The van der Waals surface area contributed by atoms with E-state index in [1.165, 1.54) is 6.42 Å². The Morgan fingerprint density at radius 1 is 1.65 bits per heavy atom. The fourth-order valence-electron chi connectivity index (χ4n) is 1.50. The van der Waals surface area contributed by atoms with Crippen molar-refractivity contribution in [3.63, 3.8) is 0 Å². The number of rotatable bonds is 3. The maximum atomic E-state index is 8.36. The van der Waals surface area contributed by atoms with E-state index in [4.69, 9.17) is 23.9 Å². The van der Waals surface area contributed by atoms with E-state index in [0.29, 0.717) is 6.61 Å². The second kappa shape index (κ2) is 7.81. The minimum Gasteiger partial charge on any atom is -0.483 e. The highest BCUT2D eigenvalue weighted by atomic mass is 16.7. The Balaban J connectivity index is 0.000000437. The Kier molecular flexibility index (Phi) is 6.27. The zero-order chi connectivity index (χ0) is 12.5. The van der Waals surface area contributed by atoms with Gasteiger partial charge in [-0.1, -0.05) is 5.16 Å². The third kappa shape index (κ3) is 5.46. The van der Waals surface area contributed by atoms with Crippen LogP contribution in [0.4, 0.5) is 0 Å². The lowest BCUT2D eigenvalue weighted by molar-refractivity contribution is -0.171. The number of hydrogen-bond donors (Lipinski definition) is 1. The van der Waals surface area contributed by atoms with Crippen molar-refractivity contribution in [2.45, 2.75) is 39.1 Å². The molecule has 6 heteroatoms. The molecule has 1 aromatic rings. The minimum absolute atomic E-state index is 0.0610. The lowest BCUT2D eigenvalue weighted by Crippen LogP contribution is -2.21. The fourth-order valence-corrected chi connectivity index (χ4v) is 1.50. The second-order valence-electron chi connectivity index (χ2n) is 3.65. The zero-order valence-electron chi connectivity index (χ0n) is 9.80. The van der Waals surface area contributed by atoms with Crippen LogP contribution in [0.2, 0.25) is 0 Å². The van der Waals surface area contributed by atoms with Gasteiger partial charge in [-0.2, -0.15) is 0 Å². The molecule has 1 unspecified atom stereocenters. The molecule has 1 saturated heterocycles. The van der Waals surface area contributed by atoms with E-state index in [1.807, 2.05) is 13.0 Å². The summed E-state index contributed by atoms with van der Waals surface area (Å²) in [7, 11) is 0. The third-order valence-electron chi connectivity index (χ3n) is 2.23. The first-order valence-corrected chi connectivity index (χ1v) is 5.49. The number of carboxylic acid groups (broad SMARTS) is 1. The van der Waals surface area contributed by atoms with E-state index < -0.39 is 0 Å². The predicted octanol–water partition coefficient (Wildman–Crippen LogP) is 1.73. The summed E-state index contributed by atoms with van der Waals surface area (Å²) in [5, 5.41) is 10.7. The summed E-state index contributed by atoms with van der Waals surface area (Å²) in [6.07, 6.45) is 3.24. The first-order chi connectivity index (χ1) is 8.26. The van der Waals surface area contributed by atoms with Gasteiger partial charge in [-0.05, 0) is 26.2 Å². The average molecular weight is 243 g/mol. The summed E-state index contributed by atoms with van der Waals surface area (Å²) in [5.74, 6) is 0.761. The molecular formula is C11H17NO5. The highest BCUT2D eigenvalue weighted by Crippen LogP contribution is 2.15. The molecular weight excluding hydrogens is 226 g/mol. The van der Waals surface area contributed by atoms with Gasteiger partial charge in [0, 0.05) is 12.7 Å². The number of aromatic nitrogens is 1. The molecule has 1 aliphatic heterocycles. The third-order valence-corrected chi connectivity index (χ3v) is 2.23. The van der Waals surface area contributed by atoms with E-state index in [9.17, 15) is 0 Å². The van der Waals surface area contributed by atoms with Crippen LogP contribution in [0.5, 0.6) is 0 Å². The van der Waals surface area contributed by atoms with Gasteiger partial charge in [-0.25, -0.2) is 0 Å². The Labute approximate surface area is 99.5 Å². The van der Waals surface area contributed by atoms with Gasteiger partial charge in [-0.15, -0.1) is 0 Å². The molecule has 1 aromatic heterocycles. The molecule has 6 nitrogen and oxygen atoms in total. The molecule has 96 valence electrons. The molecule has 0 aromatic carbocycles. The summed E-state index contributed by atoms with van der Waals surface area (Å²) >= 11 is 0. The molecule has 0 amide bonds. The maximum Gasteiger partial charge on any atom is 0.290 e. The lowest BCUT2D eigenvalue weighted by atomic mass is 10.2. The topological polar surface area (TPSA) is 81.8 Å². The van der Waals surface area contributed by atoms with Crippen molar-refractivity contribution in [2.24, 2.45) is 0 Å².